The van der Waals surface area contributed by atoms with Crippen LogP contribution in [0.3, 0.4) is 0 Å². The second-order valence-electron chi connectivity index (χ2n) is 5.71. The summed E-state index contributed by atoms with van der Waals surface area (Å²) < 4.78 is 10.4. The fourth-order valence-electron chi connectivity index (χ4n) is 1.97. The van der Waals surface area contributed by atoms with E-state index < -0.39 is 0 Å². The van der Waals surface area contributed by atoms with Gasteiger partial charge in [0, 0.05) is 32.0 Å². The Kier molecular flexibility index (Phi) is 15.0. The van der Waals surface area contributed by atoms with E-state index in [-0.39, 0.29) is 44.3 Å². The Morgan fingerprint density at radius 2 is 1.22 bits per heavy atom. The van der Waals surface area contributed by atoms with Crippen molar-refractivity contribution in [3.05, 3.63) is 0 Å². The molecule has 6 nitrogen and oxygen atoms in total. The molecular weight excluding hydrogens is 300 g/mol. The zero-order chi connectivity index (χ0) is 17.3. The molecule has 0 aliphatic rings. The highest BCUT2D eigenvalue weighted by Gasteiger charge is 2.13. The van der Waals surface area contributed by atoms with Crippen molar-refractivity contribution < 1.29 is 29.3 Å². The van der Waals surface area contributed by atoms with E-state index in [1.54, 1.807) is 0 Å². The van der Waals surface area contributed by atoms with Crippen molar-refractivity contribution in [3.63, 3.8) is 0 Å². The second-order valence-corrected chi connectivity index (χ2v) is 5.71. The molecule has 0 aromatic rings. The first-order valence-electron chi connectivity index (χ1n) is 8.67. The van der Waals surface area contributed by atoms with E-state index in [0.717, 1.165) is 32.1 Å². The maximum absolute atomic E-state index is 11.6. The lowest BCUT2D eigenvalue weighted by molar-refractivity contribution is -0.149. The quantitative estimate of drug-likeness (QED) is 0.353. The molecule has 0 heterocycles. The van der Waals surface area contributed by atoms with Crippen molar-refractivity contribution in [1.82, 2.24) is 0 Å². The summed E-state index contributed by atoms with van der Waals surface area (Å²) in [6.45, 7) is 2.81. The van der Waals surface area contributed by atoms with E-state index in [9.17, 15) is 9.59 Å². The molecule has 0 unspecified atom stereocenters. The second kappa shape index (κ2) is 15.7. The number of aliphatic hydroxyl groups is 2. The maximum Gasteiger partial charge on any atom is 0.305 e. The number of hydrogen-bond acceptors (Lipinski definition) is 6. The summed E-state index contributed by atoms with van der Waals surface area (Å²) in [5, 5.41) is 17.3. The molecular formula is C17H32O6. The van der Waals surface area contributed by atoms with Crippen LogP contribution in [0.4, 0.5) is 0 Å². The van der Waals surface area contributed by atoms with Crippen LogP contribution < -0.4 is 0 Å². The third-order valence-corrected chi connectivity index (χ3v) is 3.62. The predicted octanol–water partition coefficient (Wildman–Crippen LogP) is 2.20. The van der Waals surface area contributed by atoms with Gasteiger partial charge in [-0.3, -0.25) is 9.59 Å². The van der Waals surface area contributed by atoms with Gasteiger partial charge in [-0.1, -0.05) is 19.8 Å². The Balaban J connectivity index is 3.72. The molecule has 0 aliphatic heterocycles. The highest BCUT2D eigenvalue weighted by atomic mass is 16.5. The molecule has 6 heteroatoms. The summed E-state index contributed by atoms with van der Waals surface area (Å²) in [4.78, 5) is 23.1. The molecule has 0 fully saturated rings. The Morgan fingerprint density at radius 1 is 0.783 bits per heavy atom. The van der Waals surface area contributed by atoms with E-state index in [1.165, 1.54) is 0 Å². The van der Waals surface area contributed by atoms with Gasteiger partial charge in [-0.25, -0.2) is 0 Å². The topological polar surface area (TPSA) is 93.1 Å². The van der Waals surface area contributed by atoms with Crippen LogP contribution in [0.2, 0.25) is 0 Å². The normalized spacial score (nSPS) is 10.8. The number of carbonyl (C=O) groups excluding carboxylic acids is 2. The minimum atomic E-state index is -0.239. The molecule has 0 atom stereocenters. The van der Waals surface area contributed by atoms with Crippen LogP contribution in [-0.4, -0.2) is 48.6 Å². The molecule has 2 N–H and O–H groups in total. The van der Waals surface area contributed by atoms with Crippen molar-refractivity contribution in [1.29, 1.82) is 0 Å². The summed E-state index contributed by atoms with van der Waals surface area (Å²) in [7, 11) is 0. The predicted molar refractivity (Wildman–Crippen MR) is 86.8 cm³/mol. The first kappa shape index (κ1) is 21.9. The van der Waals surface area contributed by atoms with Crippen LogP contribution in [-0.2, 0) is 19.1 Å². The third kappa shape index (κ3) is 14.2. The molecule has 0 aromatic heterocycles. The molecule has 0 rings (SSSR count). The summed E-state index contributed by atoms with van der Waals surface area (Å²) in [5.41, 5.74) is 0. The lowest BCUT2D eigenvalue weighted by Gasteiger charge is -2.15. The molecule has 0 spiro atoms. The molecule has 0 aromatic carbocycles. The van der Waals surface area contributed by atoms with Gasteiger partial charge in [-0.2, -0.15) is 0 Å². The smallest absolute Gasteiger partial charge is 0.305 e. The SMILES string of the molecule is CCC(COC(=O)CCCCCO)COC(=O)CCCCCO. The van der Waals surface area contributed by atoms with E-state index >= 15 is 0 Å². The lowest BCUT2D eigenvalue weighted by Crippen LogP contribution is -2.20. The van der Waals surface area contributed by atoms with Crippen LogP contribution in [0.1, 0.15) is 64.7 Å². The van der Waals surface area contributed by atoms with Crippen molar-refractivity contribution in [2.45, 2.75) is 64.7 Å². The van der Waals surface area contributed by atoms with E-state index in [4.69, 9.17) is 19.7 Å². The van der Waals surface area contributed by atoms with Crippen LogP contribution in [0.15, 0.2) is 0 Å². The van der Waals surface area contributed by atoms with Gasteiger partial charge in [0.15, 0.2) is 0 Å². The standard InChI is InChI=1S/C17H32O6/c1-2-15(13-22-16(20)9-5-3-7-11-18)14-23-17(21)10-6-4-8-12-19/h15,18-19H,2-14H2,1H3. The van der Waals surface area contributed by atoms with Crippen LogP contribution in [0, 0.1) is 5.92 Å². The first-order valence-corrected chi connectivity index (χ1v) is 8.67. The molecule has 23 heavy (non-hydrogen) atoms. The monoisotopic (exact) mass is 332 g/mol. The van der Waals surface area contributed by atoms with Gasteiger partial charge in [0.05, 0.1) is 13.2 Å². The summed E-state index contributed by atoms with van der Waals surface area (Å²) in [5.74, 6) is -0.453. The molecule has 0 aliphatic carbocycles. The van der Waals surface area contributed by atoms with Gasteiger partial charge in [0.1, 0.15) is 0 Å². The van der Waals surface area contributed by atoms with Crippen molar-refractivity contribution >= 4 is 11.9 Å². The number of aliphatic hydroxyl groups excluding tert-OH is 2. The van der Waals surface area contributed by atoms with E-state index in [0.29, 0.717) is 25.7 Å². The Morgan fingerprint density at radius 3 is 1.57 bits per heavy atom. The molecule has 0 saturated carbocycles. The summed E-state index contributed by atoms with van der Waals surface area (Å²) in [6.07, 6.45) is 5.99. The molecule has 0 radical (unpaired) electrons. The highest BCUT2D eigenvalue weighted by molar-refractivity contribution is 5.69. The highest BCUT2D eigenvalue weighted by Crippen LogP contribution is 2.08. The van der Waals surface area contributed by atoms with Gasteiger partial charge in [-0.15, -0.1) is 0 Å². The number of hydrogen-bond donors (Lipinski definition) is 2. The maximum atomic E-state index is 11.6. The number of unbranched alkanes of at least 4 members (excludes halogenated alkanes) is 4. The summed E-state index contributed by atoms with van der Waals surface area (Å²) >= 11 is 0. The first-order chi connectivity index (χ1) is 11.1. The van der Waals surface area contributed by atoms with Crippen molar-refractivity contribution in [2.75, 3.05) is 26.4 Å². The average molecular weight is 332 g/mol. The van der Waals surface area contributed by atoms with Crippen molar-refractivity contribution in [3.8, 4) is 0 Å². The molecule has 0 amide bonds. The van der Waals surface area contributed by atoms with Gasteiger partial charge in [0.2, 0.25) is 0 Å². The fraction of sp³-hybridized carbons (Fsp3) is 0.882. The van der Waals surface area contributed by atoms with Crippen molar-refractivity contribution in [2.24, 2.45) is 5.92 Å². The Labute approximate surface area is 139 Å². The third-order valence-electron chi connectivity index (χ3n) is 3.62. The number of ether oxygens (including phenoxy) is 2. The minimum Gasteiger partial charge on any atom is -0.465 e. The average Bonchev–Trinajstić information content (AvgIpc) is 2.55. The Hall–Kier alpha value is -1.14. The zero-order valence-corrected chi connectivity index (χ0v) is 14.3. The van der Waals surface area contributed by atoms with Gasteiger partial charge in [0.25, 0.3) is 0 Å². The van der Waals surface area contributed by atoms with E-state index in [2.05, 4.69) is 0 Å². The number of carbonyl (C=O) groups is 2. The number of esters is 2. The molecule has 136 valence electrons. The molecule has 0 saturated heterocycles. The largest absolute Gasteiger partial charge is 0.465 e. The van der Waals surface area contributed by atoms with Crippen LogP contribution in [0.5, 0.6) is 0 Å². The van der Waals surface area contributed by atoms with Gasteiger partial charge < -0.3 is 19.7 Å². The van der Waals surface area contributed by atoms with Crippen LogP contribution in [0.25, 0.3) is 0 Å². The zero-order valence-electron chi connectivity index (χ0n) is 14.3. The van der Waals surface area contributed by atoms with Crippen LogP contribution >= 0.6 is 0 Å². The van der Waals surface area contributed by atoms with Gasteiger partial charge >= 0.3 is 11.9 Å². The van der Waals surface area contributed by atoms with E-state index in [1.807, 2.05) is 6.92 Å². The molecule has 0 bridgehead atoms. The number of rotatable bonds is 15. The van der Waals surface area contributed by atoms with Gasteiger partial charge in [-0.05, 0) is 32.1 Å². The lowest BCUT2D eigenvalue weighted by atomic mass is 10.1. The fourth-order valence-corrected chi connectivity index (χ4v) is 1.97. The Bertz CT molecular complexity index is 277. The minimum absolute atomic E-state index is 0.0257. The summed E-state index contributed by atoms with van der Waals surface area (Å²) in [6, 6.07) is 0.